The van der Waals surface area contributed by atoms with Crippen molar-refractivity contribution in [1.29, 1.82) is 0 Å². The van der Waals surface area contributed by atoms with E-state index in [1.54, 1.807) is 0 Å². The lowest BCUT2D eigenvalue weighted by Gasteiger charge is -2.34. The molecule has 0 spiro atoms. The second-order valence-corrected chi connectivity index (χ2v) is 7.01. The average molecular weight is 332 g/mol. The zero-order valence-electron chi connectivity index (χ0n) is 14.3. The van der Waals surface area contributed by atoms with E-state index in [2.05, 4.69) is 27.4 Å². The summed E-state index contributed by atoms with van der Waals surface area (Å²) in [6.45, 7) is 2.81. The van der Waals surface area contributed by atoms with Crippen molar-refractivity contribution in [1.82, 2.24) is 19.9 Å². The fraction of sp³-hybridized carbons (Fsp3) is 0.722. The maximum Gasteiger partial charge on any atom is 0.226 e. The number of aliphatic hydroxyl groups is 1. The Balaban J connectivity index is 1.44. The Morgan fingerprint density at radius 3 is 2.79 bits per heavy atom. The van der Waals surface area contributed by atoms with Crippen LogP contribution in [0.15, 0.2) is 18.3 Å². The zero-order chi connectivity index (χ0) is 16.8. The number of piperidine rings is 1. The summed E-state index contributed by atoms with van der Waals surface area (Å²) in [7, 11) is 0. The lowest BCUT2D eigenvalue weighted by Crippen LogP contribution is -2.42. The van der Waals surface area contributed by atoms with Crippen molar-refractivity contribution in [3.8, 4) is 0 Å². The minimum atomic E-state index is 0.191. The summed E-state index contributed by atoms with van der Waals surface area (Å²) in [4.78, 5) is 14.6. The van der Waals surface area contributed by atoms with Gasteiger partial charge in [0.1, 0.15) is 0 Å². The highest BCUT2D eigenvalue weighted by atomic mass is 16.2. The first-order chi connectivity index (χ1) is 11.8. The molecule has 1 fully saturated rings. The first kappa shape index (κ1) is 17.1. The molecule has 0 aromatic carbocycles. The Morgan fingerprint density at radius 1 is 1.25 bits per heavy atom. The molecule has 6 heteroatoms. The summed E-state index contributed by atoms with van der Waals surface area (Å²) in [5.74, 6) is 1.12. The Morgan fingerprint density at radius 2 is 2.08 bits per heavy atom. The van der Waals surface area contributed by atoms with Crippen LogP contribution in [0.25, 0.3) is 0 Å². The number of hydrogen-bond donors (Lipinski definition) is 1. The molecule has 24 heavy (non-hydrogen) atoms. The molecular formula is C18H28N4O2. The van der Waals surface area contributed by atoms with E-state index < -0.39 is 0 Å². The molecule has 1 aliphatic carbocycles. The van der Waals surface area contributed by atoms with Gasteiger partial charge in [0.25, 0.3) is 0 Å². The van der Waals surface area contributed by atoms with Gasteiger partial charge >= 0.3 is 0 Å². The number of likely N-dealkylation sites (tertiary alicyclic amines) is 1. The summed E-state index contributed by atoms with van der Waals surface area (Å²) >= 11 is 0. The molecule has 132 valence electrons. The van der Waals surface area contributed by atoms with Crippen LogP contribution in [-0.2, 0) is 17.8 Å². The van der Waals surface area contributed by atoms with Gasteiger partial charge in [-0.1, -0.05) is 17.4 Å². The first-order valence-electron chi connectivity index (χ1n) is 9.20. The molecule has 1 atom stereocenters. The van der Waals surface area contributed by atoms with E-state index in [1.165, 1.54) is 0 Å². The Hall–Kier alpha value is -1.69. The van der Waals surface area contributed by atoms with Crippen LogP contribution in [0.4, 0.5) is 0 Å². The minimum absolute atomic E-state index is 0.191. The van der Waals surface area contributed by atoms with Gasteiger partial charge in [-0.05, 0) is 50.9 Å². The van der Waals surface area contributed by atoms with Gasteiger partial charge in [0.2, 0.25) is 5.91 Å². The number of rotatable bonds is 6. The molecule has 6 nitrogen and oxygen atoms in total. The molecule has 0 radical (unpaired) electrons. The number of hydrogen-bond acceptors (Lipinski definition) is 4. The fourth-order valence-corrected chi connectivity index (χ4v) is 3.68. The number of carbonyl (C=O) groups is 1. The molecule has 1 N–H and O–H groups in total. The molecule has 1 amide bonds. The Kier molecular flexibility index (Phi) is 6.01. The highest BCUT2D eigenvalue weighted by Gasteiger charge is 2.28. The standard InChI is InChI=1S/C18H28N4O2/c23-12-4-7-17-14-22(20-19-17)13-15-8-10-21(11-9-15)18(24)16-5-2-1-3-6-16/h1-2,14-16,23H,3-13H2. The van der Waals surface area contributed by atoms with Gasteiger partial charge in [-0.25, -0.2) is 0 Å². The first-order valence-corrected chi connectivity index (χ1v) is 9.20. The van der Waals surface area contributed by atoms with Crippen LogP contribution in [0, 0.1) is 11.8 Å². The number of nitrogens with zero attached hydrogens (tertiary/aromatic N) is 4. The van der Waals surface area contributed by atoms with Crippen LogP contribution in [0.1, 0.15) is 44.2 Å². The SMILES string of the molecule is O=C(C1CC=CCC1)N1CCC(Cn2cc(CCCO)nn2)CC1. The van der Waals surface area contributed by atoms with E-state index in [0.29, 0.717) is 11.8 Å². The number of aryl methyl sites for hydroxylation is 1. The predicted octanol–water partition coefficient (Wildman–Crippen LogP) is 1.80. The molecule has 1 aromatic heterocycles. The molecule has 0 bridgehead atoms. The van der Waals surface area contributed by atoms with Crippen molar-refractivity contribution in [2.45, 2.75) is 51.5 Å². The molecule has 2 aliphatic rings. The fourth-order valence-electron chi connectivity index (χ4n) is 3.68. The van der Waals surface area contributed by atoms with Crippen LogP contribution in [0.5, 0.6) is 0 Å². The van der Waals surface area contributed by atoms with E-state index in [1.807, 2.05) is 10.9 Å². The van der Waals surface area contributed by atoms with Crippen LogP contribution in [0.2, 0.25) is 0 Å². The van der Waals surface area contributed by atoms with Gasteiger partial charge in [0.15, 0.2) is 0 Å². The molecule has 1 saturated heterocycles. The summed E-state index contributed by atoms with van der Waals surface area (Å²) in [5.41, 5.74) is 0.946. The average Bonchev–Trinajstić information content (AvgIpc) is 3.08. The predicted molar refractivity (Wildman–Crippen MR) is 91.2 cm³/mol. The highest BCUT2D eigenvalue weighted by molar-refractivity contribution is 5.79. The number of aromatic nitrogens is 3. The molecule has 3 rings (SSSR count). The summed E-state index contributed by atoms with van der Waals surface area (Å²) in [6.07, 6.45) is 12.9. The number of carbonyl (C=O) groups excluding carboxylic acids is 1. The third-order valence-corrected chi connectivity index (χ3v) is 5.17. The van der Waals surface area contributed by atoms with Crippen molar-refractivity contribution < 1.29 is 9.90 Å². The largest absolute Gasteiger partial charge is 0.396 e. The van der Waals surface area contributed by atoms with Crippen LogP contribution >= 0.6 is 0 Å². The van der Waals surface area contributed by atoms with E-state index in [0.717, 1.165) is 70.3 Å². The van der Waals surface area contributed by atoms with Gasteiger partial charge in [0, 0.05) is 38.4 Å². The molecule has 1 aromatic rings. The maximum absolute atomic E-state index is 12.6. The number of aliphatic hydroxyl groups excluding tert-OH is 1. The summed E-state index contributed by atoms with van der Waals surface area (Å²) < 4.78 is 1.92. The van der Waals surface area contributed by atoms with Gasteiger partial charge in [-0.3, -0.25) is 9.48 Å². The van der Waals surface area contributed by atoms with Crippen LogP contribution in [0.3, 0.4) is 0 Å². The maximum atomic E-state index is 12.6. The summed E-state index contributed by atoms with van der Waals surface area (Å²) in [6, 6.07) is 0. The minimum Gasteiger partial charge on any atom is -0.396 e. The van der Waals surface area contributed by atoms with Gasteiger partial charge in [-0.2, -0.15) is 0 Å². The second kappa shape index (κ2) is 8.42. The second-order valence-electron chi connectivity index (χ2n) is 7.01. The highest BCUT2D eigenvalue weighted by Crippen LogP contribution is 2.25. The third kappa shape index (κ3) is 4.44. The lowest BCUT2D eigenvalue weighted by atomic mass is 9.91. The topological polar surface area (TPSA) is 71.2 Å². The van der Waals surface area contributed by atoms with Gasteiger partial charge < -0.3 is 10.0 Å². The van der Waals surface area contributed by atoms with E-state index in [4.69, 9.17) is 5.11 Å². The zero-order valence-corrected chi connectivity index (χ0v) is 14.3. The van der Waals surface area contributed by atoms with Crippen LogP contribution in [-0.4, -0.2) is 50.6 Å². The molecular weight excluding hydrogens is 304 g/mol. The van der Waals surface area contributed by atoms with Crippen molar-refractivity contribution in [2.75, 3.05) is 19.7 Å². The van der Waals surface area contributed by atoms with Crippen molar-refractivity contribution >= 4 is 5.91 Å². The molecule has 2 heterocycles. The molecule has 1 unspecified atom stereocenters. The van der Waals surface area contributed by atoms with Crippen molar-refractivity contribution in [2.24, 2.45) is 11.8 Å². The Bertz CT molecular complexity index is 561. The lowest BCUT2D eigenvalue weighted by molar-refractivity contribution is -0.137. The molecule has 1 aliphatic heterocycles. The Labute approximate surface area is 143 Å². The van der Waals surface area contributed by atoms with E-state index >= 15 is 0 Å². The number of amides is 1. The summed E-state index contributed by atoms with van der Waals surface area (Å²) in [5, 5.41) is 17.2. The van der Waals surface area contributed by atoms with E-state index in [-0.39, 0.29) is 12.5 Å². The van der Waals surface area contributed by atoms with Gasteiger partial charge in [0.05, 0.1) is 5.69 Å². The van der Waals surface area contributed by atoms with Crippen molar-refractivity contribution in [3.63, 3.8) is 0 Å². The monoisotopic (exact) mass is 332 g/mol. The smallest absolute Gasteiger partial charge is 0.226 e. The number of allylic oxidation sites excluding steroid dienone is 2. The molecule has 0 saturated carbocycles. The normalized spacial score (nSPS) is 22.0. The quantitative estimate of drug-likeness (QED) is 0.806. The van der Waals surface area contributed by atoms with Crippen LogP contribution < -0.4 is 0 Å². The van der Waals surface area contributed by atoms with Crippen molar-refractivity contribution in [3.05, 3.63) is 24.0 Å². The third-order valence-electron chi connectivity index (χ3n) is 5.17. The van der Waals surface area contributed by atoms with E-state index in [9.17, 15) is 4.79 Å². The van der Waals surface area contributed by atoms with Gasteiger partial charge in [-0.15, -0.1) is 5.10 Å².